The van der Waals surface area contributed by atoms with Gasteiger partial charge in [0.25, 0.3) is 0 Å². The molecule has 2 rings (SSSR count). The first-order valence-corrected chi connectivity index (χ1v) is 5.58. The number of rotatable bonds is 2. The van der Waals surface area contributed by atoms with Gasteiger partial charge in [0.15, 0.2) is 0 Å². The summed E-state index contributed by atoms with van der Waals surface area (Å²) in [6.07, 6.45) is 1.46. The minimum Gasteiger partial charge on any atom is -0.337 e. The summed E-state index contributed by atoms with van der Waals surface area (Å²) in [5.74, 6) is 0.612. The number of nitrogens with zero attached hydrogens (tertiary/aromatic N) is 3. The zero-order valence-electron chi connectivity index (χ0n) is 9.24. The Kier molecular flexibility index (Phi) is 3.07. The lowest BCUT2D eigenvalue weighted by atomic mass is 10.1. The van der Waals surface area contributed by atoms with Gasteiger partial charge in [0, 0.05) is 6.20 Å². The molecule has 0 fully saturated rings. The number of pyridine rings is 1. The number of halogens is 2. The summed E-state index contributed by atoms with van der Waals surface area (Å²) >= 11 is 11.7. The van der Waals surface area contributed by atoms with Crippen molar-refractivity contribution in [3.05, 3.63) is 28.2 Å². The first kappa shape index (κ1) is 12.3. The second-order valence-electron chi connectivity index (χ2n) is 4.13. The minimum absolute atomic E-state index is 0.292. The molecule has 0 aliphatic heterocycles. The molecule has 0 saturated carbocycles. The van der Waals surface area contributed by atoms with Crippen LogP contribution in [0.4, 0.5) is 0 Å². The molecule has 0 bridgehead atoms. The third-order valence-corrected chi connectivity index (χ3v) is 2.49. The van der Waals surface area contributed by atoms with Crippen molar-refractivity contribution in [2.75, 3.05) is 0 Å². The standard InChI is InChI=1S/C10H10Cl2N4O/c1-10(2,13)9-15-8(16-17-9)7-6(12)3-5(11)4-14-7/h3-4H,13H2,1-2H3. The Morgan fingerprint density at radius 2 is 2.06 bits per heavy atom. The van der Waals surface area contributed by atoms with Gasteiger partial charge >= 0.3 is 0 Å². The lowest BCUT2D eigenvalue weighted by Crippen LogP contribution is -2.28. The smallest absolute Gasteiger partial charge is 0.246 e. The van der Waals surface area contributed by atoms with Gasteiger partial charge in [-0.1, -0.05) is 28.4 Å². The van der Waals surface area contributed by atoms with E-state index in [1.54, 1.807) is 19.9 Å². The lowest BCUT2D eigenvalue weighted by Gasteiger charge is -2.10. The highest BCUT2D eigenvalue weighted by Gasteiger charge is 2.23. The molecule has 0 atom stereocenters. The molecular formula is C10H10Cl2N4O. The van der Waals surface area contributed by atoms with Gasteiger partial charge in [0.2, 0.25) is 11.7 Å². The van der Waals surface area contributed by atoms with Crippen LogP contribution in [0.5, 0.6) is 0 Å². The molecule has 0 amide bonds. The van der Waals surface area contributed by atoms with E-state index in [1.807, 2.05) is 0 Å². The van der Waals surface area contributed by atoms with Crippen LogP contribution in [0.2, 0.25) is 10.0 Å². The summed E-state index contributed by atoms with van der Waals surface area (Å²) in [6, 6.07) is 1.56. The Balaban J connectivity index is 2.44. The zero-order valence-corrected chi connectivity index (χ0v) is 10.7. The fourth-order valence-corrected chi connectivity index (χ4v) is 1.63. The molecule has 90 valence electrons. The highest BCUT2D eigenvalue weighted by Crippen LogP contribution is 2.27. The van der Waals surface area contributed by atoms with Crippen LogP contribution in [-0.4, -0.2) is 15.1 Å². The number of hydrogen-bond donors (Lipinski definition) is 1. The molecule has 0 spiro atoms. The zero-order chi connectivity index (χ0) is 12.6. The Labute approximate surface area is 108 Å². The van der Waals surface area contributed by atoms with Crippen molar-refractivity contribution < 1.29 is 4.52 Å². The monoisotopic (exact) mass is 272 g/mol. The van der Waals surface area contributed by atoms with Gasteiger partial charge in [0.1, 0.15) is 5.69 Å². The van der Waals surface area contributed by atoms with E-state index >= 15 is 0 Å². The van der Waals surface area contributed by atoms with Crippen LogP contribution in [0.3, 0.4) is 0 Å². The van der Waals surface area contributed by atoms with Gasteiger partial charge in [-0.25, -0.2) is 4.98 Å². The molecule has 2 aromatic rings. The molecule has 2 N–H and O–H groups in total. The van der Waals surface area contributed by atoms with Gasteiger partial charge in [-0.3, -0.25) is 0 Å². The molecule has 0 radical (unpaired) electrons. The van der Waals surface area contributed by atoms with E-state index in [0.29, 0.717) is 27.5 Å². The maximum absolute atomic E-state index is 5.99. The van der Waals surface area contributed by atoms with Gasteiger partial charge in [-0.05, 0) is 19.9 Å². The Morgan fingerprint density at radius 1 is 1.35 bits per heavy atom. The molecule has 0 unspecified atom stereocenters. The summed E-state index contributed by atoms with van der Waals surface area (Å²) in [5.41, 5.74) is 5.55. The highest BCUT2D eigenvalue weighted by atomic mass is 35.5. The summed E-state index contributed by atoms with van der Waals surface area (Å²) in [4.78, 5) is 8.20. The van der Waals surface area contributed by atoms with Crippen LogP contribution in [0.25, 0.3) is 11.5 Å². The van der Waals surface area contributed by atoms with E-state index in [9.17, 15) is 0 Å². The fraction of sp³-hybridized carbons (Fsp3) is 0.300. The lowest BCUT2D eigenvalue weighted by molar-refractivity contribution is 0.312. The van der Waals surface area contributed by atoms with Crippen LogP contribution in [0.15, 0.2) is 16.8 Å². The van der Waals surface area contributed by atoms with Crippen molar-refractivity contribution in [3.8, 4) is 11.5 Å². The maximum atomic E-state index is 5.99. The van der Waals surface area contributed by atoms with Gasteiger partial charge in [-0.2, -0.15) is 4.98 Å². The predicted octanol–water partition coefficient (Wildman–Crippen LogP) is 2.63. The largest absolute Gasteiger partial charge is 0.337 e. The molecule has 0 aliphatic carbocycles. The first-order valence-electron chi connectivity index (χ1n) is 4.82. The molecule has 0 aromatic carbocycles. The number of aromatic nitrogens is 3. The predicted molar refractivity (Wildman–Crippen MR) is 64.8 cm³/mol. The average Bonchev–Trinajstić information content (AvgIpc) is 2.65. The number of hydrogen-bond acceptors (Lipinski definition) is 5. The van der Waals surface area contributed by atoms with Crippen LogP contribution >= 0.6 is 23.2 Å². The second-order valence-corrected chi connectivity index (χ2v) is 4.97. The molecule has 0 aliphatic rings. The summed E-state index contributed by atoms with van der Waals surface area (Å²) < 4.78 is 5.05. The third kappa shape index (κ3) is 2.57. The molecule has 5 nitrogen and oxygen atoms in total. The Morgan fingerprint density at radius 3 is 2.59 bits per heavy atom. The molecule has 7 heteroatoms. The number of nitrogens with two attached hydrogens (primary N) is 1. The van der Waals surface area contributed by atoms with Crippen LogP contribution < -0.4 is 5.73 Å². The van der Waals surface area contributed by atoms with Crippen molar-refractivity contribution in [3.63, 3.8) is 0 Å². The van der Waals surface area contributed by atoms with Crippen molar-refractivity contribution >= 4 is 23.2 Å². The minimum atomic E-state index is -0.704. The molecule has 2 heterocycles. The molecule has 17 heavy (non-hydrogen) atoms. The fourth-order valence-electron chi connectivity index (χ4n) is 1.16. The van der Waals surface area contributed by atoms with Crippen molar-refractivity contribution in [2.24, 2.45) is 5.73 Å². The summed E-state index contributed by atoms with van der Waals surface area (Å²) in [5, 5.41) is 4.59. The van der Waals surface area contributed by atoms with E-state index in [0.717, 1.165) is 0 Å². The highest BCUT2D eigenvalue weighted by molar-refractivity contribution is 6.35. The van der Waals surface area contributed by atoms with Crippen molar-refractivity contribution in [1.29, 1.82) is 0 Å². The third-order valence-electron chi connectivity index (χ3n) is 2.00. The van der Waals surface area contributed by atoms with Crippen molar-refractivity contribution in [2.45, 2.75) is 19.4 Å². The normalized spacial score (nSPS) is 11.8. The molecular weight excluding hydrogens is 263 g/mol. The quantitative estimate of drug-likeness (QED) is 0.909. The topological polar surface area (TPSA) is 77.8 Å². The van der Waals surface area contributed by atoms with Crippen LogP contribution in [0, 0.1) is 0 Å². The first-order chi connectivity index (χ1) is 7.88. The van der Waals surface area contributed by atoms with Gasteiger partial charge in [-0.15, -0.1) is 0 Å². The second kappa shape index (κ2) is 4.25. The van der Waals surface area contributed by atoms with E-state index in [-0.39, 0.29) is 0 Å². The molecule has 2 aromatic heterocycles. The summed E-state index contributed by atoms with van der Waals surface area (Å²) in [6.45, 7) is 3.53. The summed E-state index contributed by atoms with van der Waals surface area (Å²) in [7, 11) is 0. The van der Waals surface area contributed by atoms with Crippen molar-refractivity contribution in [1.82, 2.24) is 15.1 Å². The SMILES string of the molecule is CC(C)(N)c1nc(-c2ncc(Cl)cc2Cl)no1. The van der Waals surface area contributed by atoms with Gasteiger partial charge < -0.3 is 10.3 Å². The Bertz CT molecular complexity index is 547. The van der Waals surface area contributed by atoms with E-state index in [1.165, 1.54) is 6.20 Å². The van der Waals surface area contributed by atoms with Crippen LogP contribution in [-0.2, 0) is 5.54 Å². The Hall–Kier alpha value is -1.17. The van der Waals surface area contributed by atoms with Gasteiger partial charge in [0.05, 0.1) is 15.6 Å². The molecule has 0 saturated heterocycles. The maximum Gasteiger partial charge on any atom is 0.246 e. The van der Waals surface area contributed by atoms with E-state index < -0.39 is 5.54 Å². The van der Waals surface area contributed by atoms with E-state index in [4.69, 9.17) is 33.5 Å². The van der Waals surface area contributed by atoms with E-state index in [2.05, 4.69) is 15.1 Å². The average molecular weight is 273 g/mol. The van der Waals surface area contributed by atoms with Crippen LogP contribution in [0.1, 0.15) is 19.7 Å².